The molecule has 0 saturated heterocycles. The molecule has 0 spiro atoms. The van der Waals surface area contributed by atoms with Crippen LogP contribution in [0.1, 0.15) is 41.9 Å². The predicted molar refractivity (Wildman–Crippen MR) is 86.0 cm³/mol. The molecule has 0 bridgehead atoms. The zero-order valence-electron chi connectivity index (χ0n) is 13.0. The summed E-state index contributed by atoms with van der Waals surface area (Å²) in [6.07, 6.45) is 2.49. The largest absolute Gasteiger partial charge is 0.359 e. The normalized spacial score (nSPS) is 17.2. The average Bonchev–Trinajstić information content (AvgIpc) is 2.90. The molecule has 2 aromatic rings. The molecular formula is C17H21N3O2. The number of rotatable bonds is 4. The highest BCUT2D eigenvalue weighted by molar-refractivity contribution is 6.00. The fraction of sp³-hybridized carbons (Fsp3) is 0.412. The van der Waals surface area contributed by atoms with Gasteiger partial charge in [-0.05, 0) is 30.2 Å². The van der Waals surface area contributed by atoms with E-state index in [2.05, 4.69) is 35.8 Å². The van der Waals surface area contributed by atoms with Crippen LogP contribution in [0.4, 0.5) is 0 Å². The minimum Gasteiger partial charge on any atom is -0.359 e. The Balaban J connectivity index is 2.07. The molecule has 2 N–H and O–H groups in total. The highest BCUT2D eigenvalue weighted by atomic mass is 16.2. The number of aromatic nitrogens is 1. The summed E-state index contributed by atoms with van der Waals surface area (Å²) in [6.45, 7) is 2.64. The molecule has 1 aliphatic heterocycles. The number of hydrogen-bond donors (Lipinski definition) is 2. The summed E-state index contributed by atoms with van der Waals surface area (Å²) in [5.74, 6) is -0.0852. The van der Waals surface area contributed by atoms with Crippen molar-refractivity contribution < 1.29 is 9.59 Å². The maximum atomic E-state index is 12.1. The SMILES string of the molecule is CCCc1ccc2c(c1)cc1n2C(CC(=O)NC)CNC1=O. The summed E-state index contributed by atoms with van der Waals surface area (Å²) in [5, 5.41) is 6.60. The van der Waals surface area contributed by atoms with Gasteiger partial charge in [0.05, 0.1) is 6.04 Å². The number of hydrogen-bond acceptors (Lipinski definition) is 2. The highest BCUT2D eigenvalue weighted by Crippen LogP contribution is 2.29. The molecule has 5 nitrogen and oxygen atoms in total. The number of nitrogens with zero attached hydrogens (tertiary/aromatic N) is 1. The van der Waals surface area contributed by atoms with Crippen LogP contribution in [-0.4, -0.2) is 30.0 Å². The van der Waals surface area contributed by atoms with Crippen molar-refractivity contribution in [3.8, 4) is 0 Å². The Morgan fingerprint density at radius 2 is 2.23 bits per heavy atom. The Bertz CT molecular complexity index is 733. The number of amides is 2. The summed E-state index contributed by atoms with van der Waals surface area (Å²) in [5.41, 5.74) is 2.95. The van der Waals surface area contributed by atoms with E-state index in [1.165, 1.54) is 5.56 Å². The standard InChI is InChI=1S/C17H21N3O2/c1-3-4-11-5-6-14-12(7-11)8-15-17(22)19-10-13(20(14)15)9-16(21)18-2/h5-8,13H,3-4,9-10H2,1-2H3,(H,18,21)(H,19,22). The first-order chi connectivity index (χ1) is 10.6. The molecule has 2 amide bonds. The molecule has 0 fully saturated rings. The lowest BCUT2D eigenvalue weighted by Gasteiger charge is -2.26. The molecule has 0 saturated carbocycles. The topological polar surface area (TPSA) is 63.1 Å². The molecule has 3 rings (SSSR count). The first-order valence-corrected chi connectivity index (χ1v) is 7.76. The molecule has 5 heteroatoms. The molecular weight excluding hydrogens is 278 g/mol. The van der Waals surface area contributed by atoms with Gasteiger partial charge < -0.3 is 15.2 Å². The maximum Gasteiger partial charge on any atom is 0.268 e. The predicted octanol–water partition coefficient (Wildman–Crippen LogP) is 2.01. The van der Waals surface area contributed by atoms with E-state index in [1.807, 2.05) is 10.6 Å². The Labute approximate surface area is 129 Å². The third-order valence-electron chi connectivity index (χ3n) is 4.24. The van der Waals surface area contributed by atoms with Crippen LogP contribution in [0.2, 0.25) is 0 Å². The van der Waals surface area contributed by atoms with Crippen LogP contribution in [0.25, 0.3) is 10.9 Å². The molecule has 1 atom stereocenters. The van der Waals surface area contributed by atoms with E-state index >= 15 is 0 Å². The lowest BCUT2D eigenvalue weighted by atomic mass is 10.1. The van der Waals surface area contributed by atoms with Crippen molar-refractivity contribution >= 4 is 22.7 Å². The monoisotopic (exact) mass is 299 g/mol. The van der Waals surface area contributed by atoms with Crippen LogP contribution < -0.4 is 10.6 Å². The van der Waals surface area contributed by atoms with Crippen LogP contribution in [-0.2, 0) is 11.2 Å². The van der Waals surface area contributed by atoms with Gasteiger partial charge >= 0.3 is 0 Å². The summed E-state index contributed by atoms with van der Waals surface area (Å²) >= 11 is 0. The van der Waals surface area contributed by atoms with Crippen molar-refractivity contribution in [2.24, 2.45) is 0 Å². The first-order valence-electron chi connectivity index (χ1n) is 7.76. The zero-order chi connectivity index (χ0) is 15.7. The number of nitrogens with one attached hydrogen (secondary N) is 2. The van der Waals surface area contributed by atoms with Crippen LogP contribution >= 0.6 is 0 Å². The number of benzene rings is 1. The van der Waals surface area contributed by atoms with Gasteiger partial charge in [0.25, 0.3) is 5.91 Å². The van der Waals surface area contributed by atoms with E-state index in [4.69, 9.17) is 0 Å². The van der Waals surface area contributed by atoms with Gasteiger partial charge in [-0.15, -0.1) is 0 Å². The van der Waals surface area contributed by atoms with Crippen molar-refractivity contribution in [2.45, 2.75) is 32.2 Å². The van der Waals surface area contributed by atoms with E-state index in [1.54, 1.807) is 7.05 Å². The van der Waals surface area contributed by atoms with Gasteiger partial charge in [0.1, 0.15) is 5.69 Å². The van der Waals surface area contributed by atoms with Gasteiger partial charge in [-0.2, -0.15) is 0 Å². The molecule has 1 unspecified atom stereocenters. The van der Waals surface area contributed by atoms with Gasteiger partial charge in [0.2, 0.25) is 5.91 Å². The van der Waals surface area contributed by atoms with Crippen LogP contribution in [0.3, 0.4) is 0 Å². The minimum absolute atomic E-state index is 0.0171. The second-order valence-electron chi connectivity index (χ2n) is 5.78. The number of fused-ring (bicyclic) bond motifs is 3. The quantitative estimate of drug-likeness (QED) is 0.907. The Morgan fingerprint density at radius 1 is 1.41 bits per heavy atom. The Hall–Kier alpha value is -2.30. The van der Waals surface area contributed by atoms with E-state index in [0.29, 0.717) is 18.7 Å². The second-order valence-corrected chi connectivity index (χ2v) is 5.78. The lowest BCUT2D eigenvalue weighted by Crippen LogP contribution is -2.40. The number of carbonyl (C=O) groups excluding carboxylic acids is 2. The van der Waals surface area contributed by atoms with Gasteiger partial charge in [-0.1, -0.05) is 19.4 Å². The second kappa shape index (κ2) is 5.83. The third-order valence-corrected chi connectivity index (χ3v) is 4.24. The van der Waals surface area contributed by atoms with Gasteiger partial charge in [-0.25, -0.2) is 0 Å². The van der Waals surface area contributed by atoms with Crippen LogP contribution in [0.15, 0.2) is 24.3 Å². The van der Waals surface area contributed by atoms with Gasteiger partial charge in [0.15, 0.2) is 0 Å². The fourth-order valence-electron chi connectivity index (χ4n) is 3.17. The molecule has 1 aromatic heterocycles. The van der Waals surface area contributed by atoms with Crippen molar-refractivity contribution in [2.75, 3.05) is 13.6 Å². The van der Waals surface area contributed by atoms with Crippen molar-refractivity contribution in [1.82, 2.24) is 15.2 Å². The molecule has 2 heterocycles. The summed E-state index contributed by atoms with van der Waals surface area (Å²) in [4.78, 5) is 23.9. The van der Waals surface area contributed by atoms with E-state index in [-0.39, 0.29) is 17.9 Å². The van der Waals surface area contributed by atoms with E-state index in [0.717, 1.165) is 23.7 Å². The summed E-state index contributed by atoms with van der Waals surface area (Å²) < 4.78 is 2.01. The smallest absolute Gasteiger partial charge is 0.268 e. The van der Waals surface area contributed by atoms with E-state index < -0.39 is 0 Å². The van der Waals surface area contributed by atoms with Gasteiger partial charge in [0, 0.05) is 30.9 Å². The van der Waals surface area contributed by atoms with Gasteiger partial charge in [-0.3, -0.25) is 9.59 Å². The molecule has 22 heavy (non-hydrogen) atoms. The lowest BCUT2D eigenvalue weighted by molar-refractivity contribution is -0.121. The summed E-state index contributed by atoms with van der Waals surface area (Å²) in [6, 6.07) is 8.22. The first kappa shape index (κ1) is 14.6. The number of carbonyl (C=O) groups is 2. The average molecular weight is 299 g/mol. The molecule has 1 aliphatic rings. The number of aryl methyl sites for hydroxylation is 1. The molecule has 1 aromatic carbocycles. The van der Waals surface area contributed by atoms with Crippen molar-refractivity contribution in [3.05, 3.63) is 35.5 Å². The van der Waals surface area contributed by atoms with Crippen molar-refractivity contribution in [3.63, 3.8) is 0 Å². The van der Waals surface area contributed by atoms with Crippen molar-refractivity contribution in [1.29, 1.82) is 0 Å². The molecule has 0 aliphatic carbocycles. The van der Waals surface area contributed by atoms with Crippen LogP contribution in [0, 0.1) is 0 Å². The van der Waals surface area contributed by atoms with E-state index in [9.17, 15) is 9.59 Å². The minimum atomic E-state index is -0.0681. The Morgan fingerprint density at radius 3 is 2.95 bits per heavy atom. The Kier molecular flexibility index (Phi) is 3.88. The third kappa shape index (κ3) is 2.47. The van der Waals surface area contributed by atoms with Crippen LogP contribution in [0.5, 0.6) is 0 Å². The zero-order valence-corrected chi connectivity index (χ0v) is 13.0. The summed E-state index contributed by atoms with van der Waals surface area (Å²) in [7, 11) is 1.63. The maximum absolute atomic E-state index is 12.1. The molecule has 0 radical (unpaired) electrons. The molecule has 116 valence electrons. The fourth-order valence-corrected chi connectivity index (χ4v) is 3.17. The highest BCUT2D eigenvalue weighted by Gasteiger charge is 2.28.